The predicted octanol–water partition coefficient (Wildman–Crippen LogP) is 3.85. The van der Waals surface area contributed by atoms with Crippen LogP contribution in [0.25, 0.3) is 0 Å². The second-order valence-electron chi connectivity index (χ2n) is 5.25. The second-order valence-corrected chi connectivity index (χ2v) is 5.25. The Bertz CT molecular complexity index is 774. The molecule has 0 heterocycles. The van der Waals surface area contributed by atoms with Crippen molar-refractivity contribution in [2.75, 3.05) is 5.32 Å². The third-order valence-electron chi connectivity index (χ3n) is 3.70. The summed E-state index contributed by atoms with van der Waals surface area (Å²) in [7, 11) is 0. The van der Waals surface area contributed by atoms with Gasteiger partial charge in [0.2, 0.25) is 0 Å². The van der Waals surface area contributed by atoms with Gasteiger partial charge >= 0.3 is 5.97 Å². The normalized spacial score (nSPS) is 13.2. The summed E-state index contributed by atoms with van der Waals surface area (Å²) < 4.78 is 0. The monoisotopic (exact) mass is 305 g/mol. The molecule has 23 heavy (non-hydrogen) atoms. The van der Waals surface area contributed by atoms with Crippen LogP contribution in [0.3, 0.4) is 0 Å². The number of allylic oxidation sites excluding steroid dienone is 4. The van der Waals surface area contributed by atoms with E-state index in [2.05, 4.69) is 17.5 Å². The topological polar surface area (TPSA) is 66.4 Å². The van der Waals surface area contributed by atoms with Crippen LogP contribution in [0.15, 0.2) is 72.8 Å². The summed E-state index contributed by atoms with van der Waals surface area (Å²) in [5.74, 6) is -0.943. The Kier molecular flexibility index (Phi) is 4.06. The molecule has 0 unspecified atom stereocenters. The molecule has 0 saturated carbocycles. The van der Waals surface area contributed by atoms with Crippen LogP contribution in [0.5, 0.6) is 0 Å². The van der Waals surface area contributed by atoms with Crippen LogP contribution in [0.1, 0.15) is 32.2 Å². The number of benzene rings is 2. The highest BCUT2D eigenvalue weighted by Gasteiger charge is 2.10. The minimum atomic E-state index is -0.992. The first kappa shape index (κ1) is 14.8. The van der Waals surface area contributed by atoms with E-state index in [1.807, 2.05) is 24.3 Å². The number of amides is 1. The van der Waals surface area contributed by atoms with E-state index in [4.69, 9.17) is 5.11 Å². The maximum Gasteiger partial charge on any atom is 0.335 e. The standard InChI is InChI=1S/C19H15NO3/c21-18(20-17-11-9-16(10-12-17)19(22)23)15-7-5-14(6-8-15)13-3-1-2-4-13/h1-13H,(H,20,21)(H,22,23). The summed E-state index contributed by atoms with van der Waals surface area (Å²) in [5, 5.41) is 11.6. The Morgan fingerprint density at radius 3 is 1.96 bits per heavy atom. The molecule has 0 radical (unpaired) electrons. The van der Waals surface area contributed by atoms with Gasteiger partial charge in [-0.25, -0.2) is 4.79 Å². The zero-order valence-corrected chi connectivity index (χ0v) is 12.3. The lowest BCUT2D eigenvalue weighted by molar-refractivity contribution is 0.0696. The molecule has 2 N–H and O–H groups in total. The summed E-state index contributed by atoms with van der Waals surface area (Å²) in [6, 6.07) is 13.5. The molecule has 0 saturated heterocycles. The lowest BCUT2D eigenvalue weighted by Gasteiger charge is -2.08. The van der Waals surface area contributed by atoms with Crippen molar-refractivity contribution in [3.05, 3.63) is 89.5 Å². The summed E-state index contributed by atoms with van der Waals surface area (Å²) in [6.07, 6.45) is 8.20. The van der Waals surface area contributed by atoms with Crippen molar-refractivity contribution < 1.29 is 14.7 Å². The van der Waals surface area contributed by atoms with Crippen LogP contribution < -0.4 is 5.32 Å². The molecule has 1 aliphatic rings. The molecule has 114 valence electrons. The van der Waals surface area contributed by atoms with Gasteiger partial charge in [-0.2, -0.15) is 0 Å². The highest BCUT2D eigenvalue weighted by atomic mass is 16.4. The third-order valence-corrected chi connectivity index (χ3v) is 3.70. The molecule has 0 bridgehead atoms. The molecule has 3 rings (SSSR count). The molecule has 0 fully saturated rings. The van der Waals surface area contributed by atoms with Gasteiger partial charge < -0.3 is 10.4 Å². The average Bonchev–Trinajstić information content (AvgIpc) is 3.10. The first-order valence-electron chi connectivity index (χ1n) is 7.23. The number of nitrogens with one attached hydrogen (secondary N) is 1. The first-order chi connectivity index (χ1) is 11.1. The van der Waals surface area contributed by atoms with E-state index in [9.17, 15) is 9.59 Å². The number of hydrogen-bond acceptors (Lipinski definition) is 2. The Morgan fingerprint density at radius 2 is 1.39 bits per heavy atom. The number of anilines is 1. The number of carboxylic acid groups (broad SMARTS) is 1. The Hall–Kier alpha value is -3.14. The summed E-state index contributed by atoms with van der Waals surface area (Å²) in [6.45, 7) is 0. The Balaban J connectivity index is 1.69. The minimum Gasteiger partial charge on any atom is -0.478 e. The smallest absolute Gasteiger partial charge is 0.335 e. The van der Waals surface area contributed by atoms with Gasteiger partial charge in [0.1, 0.15) is 0 Å². The van der Waals surface area contributed by atoms with Crippen molar-refractivity contribution in [1.29, 1.82) is 0 Å². The minimum absolute atomic E-state index is 0.185. The first-order valence-corrected chi connectivity index (χ1v) is 7.23. The zero-order chi connectivity index (χ0) is 16.2. The van der Waals surface area contributed by atoms with Gasteiger partial charge in [0.25, 0.3) is 5.91 Å². The Morgan fingerprint density at radius 1 is 0.826 bits per heavy atom. The third kappa shape index (κ3) is 3.37. The molecule has 4 heteroatoms. The average molecular weight is 305 g/mol. The zero-order valence-electron chi connectivity index (χ0n) is 12.3. The number of hydrogen-bond donors (Lipinski definition) is 2. The highest BCUT2D eigenvalue weighted by molar-refractivity contribution is 6.04. The van der Waals surface area contributed by atoms with Gasteiger partial charge in [-0.15, -0.1) is 0 Å². The van der Waals surface area contributed by atoms with E-state index in [1.54, 1.807) is 24.3 Å². The fourth-order valence-electron chi connectivity index (χ4n) is 2.41. The number of aromatic carboxylic acids is 1. The van der Waals surface area contributed by atoms with Crippen LogP contribution >= 0.6 is 0 Å². The Labute approximate surface area is 133 Å². The van der Waals surface area contributed by atoms with Gasteiger partial charge in [-0.3, -0.25) is 4.79 Å². The van der Waals surface area contributed by atoms with Crippen molar-refractivity contribution in [2.24, 2.45) is 0 Å². The van der Waals surface area contributed by atoms with Crippen LogP contribution in [-0.4, -0.2) is 17.0 Å². The van der Waals surface area contributed by atoms with Gasteiger partial charge in [0, 0.05) is 17.2 Å². The quantitative estimate of drug-likeness (QED) is 0.901. The van der Waals surface area contributed by atoms with E-state index in [-0.39, 0.29) is 17.4 Å². The number of carbonyl (C=O) groups is 2. The van der Waals surface area contributed by atoms with Crippen LogP contribution in [-0.2, 0) is 0 Å². The van der Waals surface area contributed by atoms with Gasteiger partial charge in [0.15, 0.2) is 0 Å². The summed E-state index contributed by atoms with van der Waals surface area (Å²) >= 11 is 0. The van der Waals surface area contributed by atoms with E-state index in [0.29, 0.717) is 11.3 Å². The lowest BCUT2D eigenvalue weighted by Crippen LogP contribution is -2.12. The number of carboxylic acids is 1. The van der Waals surface area contributed by atoms with E-state index in [1.165, 1.54) is 12.1 Å². The van der Waals surface area contributed by atoms with Crippen molar-refractivity contribution >= 4 is 17.6 Å². The fraction of sp³-hybridized carbons (Fsp3) is 0.0526. The molecule has 0 spiro atoms. The molecule has 0 aromatic heterocycles. The van der Waals surface area contributed by atoms with Crippen molar-refractivity contribution in [2.45, 2.75) is 5.92 Å². The maximum atomic E-state index is 12.2. The largest absolute Gasteiger partial charge is 0.478 e. The molecule has 4 nitrogen and oxygen atoms in total. The lowest BCUT2D eigenvalue weighted by atomic mass is 9.99. The van der Waals surface area contributed by atoms with Crippen molar-refractivity contribution in [3.63, 3.8) is 0 Å². The molecule has 0 atom stereocenters. The van der Waals surface area contributed by atoms with E-state index >= 15 is 0 Å². The summed E-state index contributed by atoms with van der Waals surface area (Å²) in [4.78, 5) is 23.0. The van der Waals surface area contributed by atoms with Gasteiger partial charge in [-0.1, -0.05) is 36.4 Å². The second kappa shape index (κ2) is 6.32. The maximum absolute atomic E-state index is 12.2. The summed E-state index contributed by atoms with van der Waals surface area (Å²) in [5.41, 5.74) is 2.44. The van der Waals surface area contributed by atoms with E-state index in [0.717, 1.165) is 5.56 Å². The van der Waals surface area contributed by atoms with Crippen LogP contribution in [0, 0.1) is 0 Å². The molecular weight excluding hydrogens is 290 g/mol. The molecule has 0 aliphatic heterocycles. The molecule has 2 aromatic rings. The molecular formula is C19H15NO3. The van der Waals surface area contributed by atoms with Gasteiger partial charge in [0.05, 0.1) is 5.56 Å². The van der Waals surface area contributed by atoms with Crippen LogP contribution in [0.2, 0.25) is 0 Å². The number of rotatable bonds is 4. The highest BCUT2D eigenvalue weighted by Crippen LogP contribution is 2.23. The predicted molar refractivity (Wildman–Crippen MR) is 88.8 cm³/mol. The molecule has 2 aromatic carbocycles. The molecule has 1 aliphatic carbocycles. The van der Waals surface area contributed by atoms with Gasteiger partial charge in [-0.05, 0) is 42.0 Å². The van der Waals surface area contributed by atoms with Crippen molar-refractivity contribution in [3.8, 4) is 0 Å². The SMILES string of the molecule is O=C(O)c1ccc(NC(=O)c2ccc(C3C=CC=C3)cc2)cc1. The number of carbonyl (C=O) groups excluding carboxylic acids is 1. The van der Waals surface area contributed by atoms with Crippen molar-refractivity contribution in [1.82, 2.24) is 0 Å². The van der Waals surface area contributed by atoms with E-state index < -0.39 is 5.97 Å². The fourth-order valence-corrected chi connectivity index (χ4v) is 2.41. The molecule has 1 amide bonds. The van der Waals surface area contributed by atoms with Crippen LogP contribution in [0.4, 0.5) is 5.69 Å².